The van der Waals surface area contributed by atoms with Crippen LogP contribution in [0.3, 0.4) is 0 Å². The molecule has 2 aromatic heterocycles. The molecule has 0 bridgehead atoms. The molecule has 5 rings (SSSR count). The van der Waals surface area contributed by atoms with Crippen LogP contribution in [0.4, 0.5) is 0 Å². The maximum absolute atomic E-state index is 13.6. The van der Waals surface area contributed by atoms with Crippen LogP contribution in [0.1, 0.15) is 73.7 Å². The van der Waals surface area contributed by atoms with Gasteiger partial charge in [0.1, 0.15) is 18.0 Å². The molecule has 0 fully saturated rings. The molecule has 8 heteroatoms. The van der Waals surface area contributed by atoms with Crippen molar-refractivity contribution in [2.45, 2.75) is 78.7 Å². The van der Waals surface area contributed by atoms with E-state index in [0.29, 0.717) is 13.0 Å². The lowest BCUT2D eigenvalue weighted by Crippen LogP contribution is -2.40. The predicted octanol–water partition coefficient (Wildman–Crippen LogP) is 6.17. The van der Waals surface area contributed by atoms with Crippen molar-refractivity contribution in [2.24, 2.45) is 5.41 Å². The second-order valence-electron chi connectivity index (χ2n) is 12.5. The largest absolute Gasteiger partial charge is 0.485 e. The van der Waals surface area contributed by atoms with E-state index in [4.69, 9.17) is 9.47 Å². The molecule has 0 saturated carbocycles. The van der Waals surface area contributed by atoms with E-state index in [9.17, 15) is 4.79 Å². The van der Waals surface area contributed by atoms with E-state index in [1.807, 2.05) is 62.5 Å². The van der Waals surface area contributed by atoms with Crippen molar-refractivity contribution >= 4 is 5.97 Å². The standard InChI is InChI=1S/C34H41N5O3/c1-24-13-14-26(18-27(24)20-39-21-30-31(12-9-17-35-30)42-33(2,3)23-39)29(16-15-28-19-36-38-37-28)34(4,5)32(40)41-22-25-10-7-6-8-11-25/h6-14,17-19,29H,15-16,20-23H2,1-5H3,(H,36,37,38). The first-order valence-electron chi connectivity index (χ1n) is 14.6. The summed E-state index contributed by atoms with van der Waals surface area (Å²) in [7, 11) is 0. The Labute approximate surface area is 248 Å². The Morgan fingerprint density at radius 2 is 1.95 bits per heavy atom. The van der Waals surface area contributed by atoms with Crippen LogP contribution in [-0.4, -0.2) is 43.4 Å². The highest BCUT2D eigenvalue weighted by molar-refractivity contribution is 5.77. The van der Waals surface area contributed by atoms with Crippen LogP contribution >= 0.6 is 0 Å². The molecule has 2 aromatic carbocycles. The van der Waals surface area contributed by atoms with Gasteiger partial charge in [-0.1, -0.05) is 48.5 Å². The van der Waals surface area contributed by atoms with Gasteiger partial charge < -0.3 is 9.47 Å². The molecule has 4 aromatic rings. The summed E-state index contributed by atoms with van der Waals surface area (Å²) in [6, 6.07) is 20.3. The average molecular weight is 568 g/mol. The second kappa shape index (κ2) is 12.4. The van der Waals surface area contributed by atoms with Crippen molar-refractivity contribution in [3.05, 3.63) is 107 Å². The summed E-state index contributed by atoms with van der Waals surface area (Å²) >= 11 is 0. The van der Waals surface area contributed by atoms with Crippen molar-refractivity contribution < 1.29 is 14.3 Å². The highest BCUT2D eigenvalue weighted by Crippen LogP contribution is 2.41. The highest BCUT2D eigenvalue weighted by atomic mass is 16.5. The van der Waals surface area contributed by atoms with Gasteiger partial charge in [-0.3, -0.25) is 14.7 Å². The fraction of sp³-hybridized carbons (Fsp3) is 0.412. The number of esters is 1. The zero-order valence-corrected chi connectivity index (χ0v) is 25.3. The van der Waals surface area contributed by atoms with Gasteiger partial charge in [0.25, 0.3) is 0 Å². The first-order chi connectivity index (χ1) is 20.1. The van der Waals surface area contributed by atoms with Crippen molar-refractivity contribution in [1.29, 1.82) is 0 Å². The van der Waals surface area contributed by atoms with Crippen LogP contribution in [0, 0.1) is 12.3 Å². The number of carbonyl (C=O) groups excluding carboxylic acids is 1. The van der Waals surface area contributed by atoms with Gasteiger partial charge in [-0.05, 0) is 87.8 Å². The average Bonchev–Trinajstić information content (AvgIpc) is 3.43. The molecule has 3 heterocycles. The fourth-order valence-electron chi connectivity index (χ4n) is 5.84. The number of pyridine rings is 1. The number of nitrogens with one attached hydrogen (secondary N) is 1. The normalized spacial score (nSPS) is 15.7. The van der Waals surface area contributed by atoms with Crippen LogP contribution in [0.25, 0.3) is 0 Å². The summed E-state index contributed by atoms with van der Waals surface area (Å²) in [5.41, 5.74) is 5.22. The van der Waals surface area contributed by atoms with E-state index in [2.05, 4.69) is 64.3 Å². The lowest BCUT2D eigenvalue weighted by atomic mass is 9.72. The first kappa shape index (κ1) is 29.5. The third kappa shape index (κ3) is 7.05. The van der Waals surface area contributed by atoms with E-state index in [1.54, 1.807) is 6.20 Å². The highest BCUT2D eigenvalue weighted by Gasteiger charge is 2.39. The van der Waals surface area contributed by atoms with Crippen molar-refractivity contribution in [1.82, 2.24) is 25.3 Å². The molecule has 220 valence electrons. The minimum atomic E-state index is -0.771. The van der Waals surface area contributed by atoms with Crippen molar-refractivity contribution in [2.75, 3.05) is 6.54 Å². The van der Waals surface area contributed by atoms with Crippen LogP contribution in [0.15, 0.2) is 73.1 Å². The van der Waals surface area contributed by atoms with Crippen LogP contribution < -0.4 is 4.74 Å². The quantitative estimate of drug-likeness (QED) is 0.229. The molecule has 0 radical (unpaired) electrons. The van der Waals surface area contributed by atoms with Gasteiger partial charge in [-0.2, -0.15) is 15.4 Å². The van der Waals surface area contributed by atoms with Gasteiger partial charge in [0, 0.05) is 25.8 Å². The number of aromatic amines is 1. The number of aromatic nitrogens is 4. The minimum Gasteiger partial charge on any atom is -0.485 e. The van der Waals surface area contributed by atoms with Crippen LogP contribution in [0.2, 0.25) is 0 Å². The Kier molecular flexibility index (Phi) is 8.73. The summed E-state index contributed by atoms with van der Waals surface area (Å²) in [5, 5.41) is 10.9. The number of benzene rings is 2. The lowest BCUT2D eigenvalue weighted by molar-refractivity contribution is -0.157. The zero-order chi connectivity index (χ0) is 29.7. The number of rotatable bonds is 10. The molecule has 0 aliphatic carbocycles. The SMILES string of the molecule is Cc1ccc(C(CCc2cn[nH]n2)C(C)(C)C(=O)OCc2ccccc2)cc1CN1Cc2ncccc2OC(C)(C)C1. The molecule has 8 nitrogen and oxygen atoms in total. The number of H-pyrrole nitrogens is 1. The van der Waals surface area contributed by atoms with Crippen molar-refractivity contribution in [3.8, 4) is 5.75 Å². The number of fused-ring (bicyclic) bond motifs is 1. The van der Waals surface area contributed by atoms with Gasteiger partial charge in [0.15, 0.2) is 0 Å². The summed E-state index contributed by atoms with van der Waals surface area (Å²) in [5.74, 6) is 0.537. The third-order valence-corrected chi connectivity index (χ3v) is 8.15. The molecule has 1 N–H and O–H groups in total. The van der Waals surface area contributed by atoms with Crippen LogP contribution in [0.5, 0.6) is 5.75 Å². The third-order valence-electron chi connectivity index (χ3n) is 8.15. The number of hydrogen-bond acceptors (Lipinski definition) is 7. The Hall–Kier alpha value is -4.04. The summed E-state index contributed by atoms with van der Waals surface area (Å²) < 4.78 is 12.2. The molecule has 1 aliphatic rings. The molecule has 0 amide bonds. The van der Waals surface area contributed by atoms with E-state index < -0.39 is 5.41 Å². The molecular formula is C34H41N5O3. The predicted molar refractivity (Wildman–Crippen MR) is 162 cm³/mol. The molecule has 1 unspecified atom stereocenters. The number of aryl methyl sites for hydroxylation is 2. The van der Waals surface area contributed by atoms with E-state index >= 15 is 0 Å². The minimum absolute atomic E-state index is 0.0943. The summed E-state index contributed by atoms with van der Waals surface area (Å²) in [4.78, 5) is 20.6. The van der Waals surface area contributed by atoms with Gasteiger partial charge in [-0.15, -0.1) is 0 Å². The monoisotopic (exact) mass is 567 g/mol. The molecule has 0 saturated heterocycles. The number of ether oxygens (including phenoxy) is 2. The van der Waals surface area contributed by atoms with E-state index in [1.165, 1.54) is 11.1 Å². The second-order valence-corrected chi connectivity index (χ2v) is 12.5. The molecule has 1 aliphatic heterocycles. The number of carbonyl (C=O) groups is 1. The summed E-state index contributed by atoms with van der Waals surface area (Å²) in [6.07, 6.45) is 4.99. The Morgan fingerprint density at radius 3 is 2.71 bits per heavy atom. The zero-order valence-electron chi connectivity index (χ0n) is 25.3. The van der Waals surface area contributed by atoms with Gasteiger partial charge in [-0.25, -0.2) is 0 Å². The topological polar surface area (TPSA) is 93.2 Å². The smallest absolute Gasteiger partial charge is 0.312 e. The fourth-order valence-corrected chi connectivity index (χ4v) is 5.84. The molecular weight excluding hydrogens is 526 g/mol. The van der Waals surface area contributed by atoms with Gasteiger partial charge in [0.05, 0.1) is 23.0 Å². The van der Waals surface area contributed by atoms with E-state index in [-0.39, 0.29) is 24.1 Å². The number of hydrogen-bond donors (Lipinski definition) is 1. The van der Waals surface area contributed by atoms with Crippen molar-refractivity contribution in [3.63, 3.8) is 0 Å². The first-order valence-corrected chi connectivity index (χ1v) is 14.6. The molecule has 0 spiro atoms. The lowest BCUT2D eigenvalue weighted by Gasteiger charge is -2.34. The molecule has 1 atom stereocenters. The van der Waals surface area contributed by atoms with E-state index in [0.717, 1.165) is 47.8 Å². The number of nitrogens with zero attached hydrogens (tertiary/aromatic N) is 4. The Bertz CT molecular complexity index is 1480. The van der Waals surface area contributed by atoms with Gasteiger partial charge in [0.2, 0.25) is 0 Å². The molecule has 42 heavy (non-hydrogen) atoms. The Balaban J connectivity index is 1.41. The maximum atomic E-state index is 13.6. The van der Waals surface area contributed by atoms with Crippen LogP contribution in [-0.2, 0) is 35.6 Å². The summed E-state index contributed by atoms with van der Waals surface area (Å²) in [6.45, 7) is 12.8. The van der Waals surface area contributed by atoms with Gasteiger partial charge >= 0.3 is 5.97 Å². The maximum Gasteiger partial charge on any atom is 0.312 e. The Morgan fingerprint density at radius 1 is 1.14 bits per heavy atom.